The average molecular weight is 644 g/mol. The number of esters is 3. The molecular weight excluding hydrogens is 606 g/mol. The first kappa shape index (κ1) is 30.1. The summed E-state index contributed by atoms with van der Waals surface area (Å²) in [5.74, 6) is -4.96. The second-order valence-electron chi connectivity index (χ2n) is 14.5. The van der Waals surface area contributed by atoms with Gasteiger partial charge >= 0.3 is 24.0 Å². The Kier molecular flexibility index (Phi) is 6.15. The van der Waals surface area contributed by atoms with E-state index in [9.17, 15) is 29.4 Å². The molecule has 0 aromatic heterocycles. The van der Waals surface area contributed by atoms with Crippen LogP contribution in [-0.2, 0) is 54.1 Å². The Hall–Kier alpha value is -3.30. The van der Waals surface area contributed by atoms with Gasteiger partial charge in [0.1, 0.15) is 12.2 Å². The molecule has 248 valence electrons. The second-order valence-corrected chi connectivity index (χ2v) is 14.5. The summed E-state index contributed by atoms with van der Waals surface area (Å²) in [4.78, 5) is 56.4. The van der Waals surface area contributed by atoms with Gasteiger partial charge in [-0.05, 0) is 17.9 Å². The number of carbonyl (C=O) groups excluding carboxylic acids is 4. The topological polar surface area (TPSA) is 177 Å². The van der Waals surface area contributed by atoms with E-state index in [1.54, 1.807) is 0 Å². The Morgan fingerprint density at radius 1 is 1.02 bits per heavy atom. The minimum absolute atomic E-state index is 0.0537. The van der Waals surface area contributed by atoms with Crippen molar-refractivity contribution in [2.24, 2.45) is 28.1 Å². The standard InChI is InChI=1S/C32H37NO13/c1-15-23(35)43-21-19(34)30-20-17(42-27(38)33-10-12-40-13-11-33)18(28(2,3)4)29(30)22(41-14-16-8-6-5-7-9-16)24(36)45-26(29)46-32(30,25(37)44-20)31(15,21)39/h5-9,15,17-22,26,34,39H,10-14H2,1-4H3/t15-,17-,18?,19?,20?,21?,22+,26?,29?,30?,31-,32?/m1/s1. The molecular formula is C32H37NO13. The average Bonchev–Trinajstić information content (AvgIpc) is 3.73. The van der Waals surface area contributed by atoms with E-state index < -0.39 is 100 Å². The fraction of sp³-hybridized carbons (Fsp3) is 0.688. The van der Waals surface area contributed by atoms with Crippen molar-refractivity contribution in [1.29, 1.82) is 0 Å². The van der Waals surface area contributed by atoms with Gasteiger partial charge in [-0.25, -0.2) is 14.4 Å². The van der Waals surface area contributed by atoms with Crippen LogP contribution in [0, 0.1) is 28.1 Å². The molecule has 14 heteroatoms. The summed E-state index contributed by atoms with van der Waals surface area (Å²) in [6, 6.07) is 9.10. The number of nitrogens with zero attached hydrogens (tertiary/aromatic N) is 1. The Morgan fingerprint density at radius 3 is 2.39 bits per heavy atom. The molecule has 2 saturated carbocycles. The third-order valence-electron chi connectivity index (χ3n) is 11.7. The van der Waals surface area contributed by atoms with Crippen LogP contribution in [0.4, 0.5) is 4.79 Å². The number of fused-ring (bicyclic) bond motifs is 1. The van der Waals surface area contributed by atoms with E-state index in [2.05, 4.69) is 0 Å². The second kappa shape index (κ2) is 9.41. The molecule has 12 atom stereocenters. The van der Waals surface area contributed by atoms with Gasteiger partial charge in [0.05, 0.1) is 36.6 Å². The van der Waals surface area contributed by atoms with Gasteiger partial charge in [0.25, 0.3) is 0 Å². The number of hydrogen-bond donors (Lipinski definition) is 2. The zero-order valence-electron chi connectivity index (χ0n) is 25.9. The fourth-order valence-electron chi connectivity index (χ4n) is 10.2. The normalized spacial score (nSPS) is 46.7. The van der Waals surface area contributed by atoms with Crippen LogP contribution in [0.5, 0.6) is 0 Å². The third kappa shape index (κ3) is 3.11. The first-order chi connectivity index (χ1) is 21.8. The van der Waals surface area contributed by atoms with Gasteiger partial charge in [0, 0.05) is 19.0 Å². The van der Waals surface area contributed by atoms with Crippen molar-refractivity contribution in [3.8, 4) is 0 Å². The van der Waals surface area contributed by atoms with Crippen LogP contribution >= 0.6 is 0 Å². The van der Waals surface area contributed by atoms with Crippen LogP contribution < -0.4 is 0 Å². The SMILES string of the molecule is C[C@@H]1C(=O)OC2C(O)C34C5OC(=O)C3(OC3OC(=O)[C@H](OCc6ccccc6)C34C(C(C)(C)C)[C@H]5OC(=O)N3CCOCC3)[C@]21O. The summed E-state index contributed by atoms with van der Waals surface area (Å²) < 4.78 is 42.2. The molecule has 5 saturated heterocycles. The number of rotatable bonds is 4. The van der Waals surface area contributed by atoms with Gasteiger partial charge in [0.15, 0.2) is 23.9 Å². The maximum atomic E-state index is 14.3. The predicted molar refractivity (Wildman–Crippen MR) is 149 cm³/mol. The van der Waals surface area contributed by atoms with Crippen molar-refractivity contribution in [3.05, 3.63) is 35.9 Å². The molecule has 0 bridgehead atoms. The van der Waals surface area contributed by atoms with Crippen LogP contribution in [0.3, 0.4) is 0 Å². The van der Waals surface area contributed by atoms with Crippen molar-refractivity contribution in [1.82, 2.24) is 4.90 Å². The molecule has 1 aromatic carbocycles. The van der Waals surface area contributed by atoms with Gasteiger partial charge in [0.2, 0.25) is 11.9 Å². The molecule has 8 rings (SSSR count). The van der Waals surface area contributed by atoms with Crippen LogP contribution in [0.2, 0.25) is 0 Å². The molecule has 14 nitrogen and oxygen atoms in total. The lowest BCUT2D eigenvalue weighted by molar-refractivity contribution is -0.240. The van der Waals surface area contributed by atoms with Crippen molar-refractivity contribution >= 4 is 24.0 Å². The summed E-state index contributed by atoms with van der Waals surface area (Å²) >= 11 is 0. The Morgan fingerprint density at radius 2 is 1.72 bits per heavy atom. The van der Waals surface area contributed by atoms with Crippen molar-refractivity contribution in [3.63, 3.8) is 0 Å². The third-order valence-corrected chi connectivity index (χ3v) is 11.7. The summed E-state index contributed by atoms with van der Waals surface area (Å²) in [7, 11) is 0. The molecule has 7 aliphatic rings. The highest BCUT2D eigenvalue weighted by Gasteiger charge is 3.05. The van der Waals surface area contributed by atoms with Crippen molar-refractivity contribution < 1.29 is 62.5 Å². The van der Waals surface area contributed by atoms with E-state index >= 15 is 0 Å². The minimum atomic E-state index is -2.44. The van der Waals surface area contributed by atoms with E-state index in [0.717, 1.165) is 5.56 Å². The monoisotopic (exact) mass is 643 g/mol. The van der Waals surface area contributed by atoms with E-state index in [0.29, 0.717) is 13.2 Å². The molecule has 2 N–H and O–H groups in total. The first-order valence-corrected chi connectivity index (χ1v) is 15.7. The lowest BCUT2D eigenvalue weighted by atomic mass is 9.51. The number of amides is 1. The molecule has 1 amide bonds. The highest BCUT2D eigenvalue weighted by atomic mass is 16.8. The van der Waals surface area contributed by atoms with Crippen molar-refractivity contribution in [2.75, 3.05) is 26.3 Å². The van der Waals surface area contributed by atoms with Crippen LogP contribution in [0.25, 0.3) is 0 Å². The summed E-state index contributed by atoms with van der Waals surface area (Å²) in [5, 5.41) is 25.0. The summed E-state index contributed by atoms with van der Waals surface area (Å²) in [5.41, 5.74) is -8.76. The van der Waals surface area contributed by atoms with Gasteiger partial charge in [-0.2, -0.15) is 0 Å². The lowest BCUT2D eigenvalue weighted by Gasteiger charge is -2.48. The highest BCUT2D eigenvalue weighted by Crippen LogP contribution is 2.85. The van der Waals surface area contributed by atoms with Crippen LogP contribution in [-0.4, -0.2) is 113 Å². The zero-order valence-corrected chi connectivity index (χ0v) is 25.9. The zero-order chi connectivity index (χ0) is 32.6. The summed E-state index contributed by atoms with van der Waals surface area (Å²) in [6.07, 6.45) is -9.85. The Labute approximate surface area is 264 Å². The van der Waals surface area contributed by atoms with Gasteiger partial charge in [-0.3, -0.25) is 4.79 Å². The van der Waals surface area contributed by atoms with E-state index in [-0.39, 0.29) is 19.7 Å². The largest absolute Gasteiger partial charge is 0.456 e. The van der Waals surface area contributed by atoms with E-state index in [1.807, 2.05) is 51.1 Å². The Bertz CT molecular complexity index is 1510. The van der Waals surface area contributed by atoms with E-state index in [4.69, 9.17) is 33.2 Å². The van der Waals surface area contributed by atoms with E-state index in [1.165, 1.54) is 11.8 Å². The smallest absolute Gasteiger partial charge is 0.410 e. The fourth-order valence-corrected chi connectivity index (χ4v) is 10.2. The molecule has 5 heterocycles. The predicted octanol–water partition coefficient (Wildman–Crippen LogP) is 0.302. The molecule has 46 heavy (non-hydrogen) atoms. The molecule has 2 aliphatic carbocycles. The lowest BCUT2D eigenvalue weighted by Crippen LogP contribution is -2.67. The maximum absolute atomic E-state index is 14.3. The number of morpholine rings is 1. The van der Waals surface area contributed by atoms with Gasteiger partial charge in [-0.15, -0.1) is 0 Å². The minimum Gasteiger partial charge on any atom is -0.456 e. The Balaban J connectivity index is 1.36. The molecule has 5 aliphatic heterocycles. The molecule has 0 radical (unpaired) electrons. The quantitative estimate of drug-likeness (QED) is 0.339. The van der Waals surface area contributed by atoms with Crippen LogP contribution in [0.1, 0.15) is 33.3 Å². The van der Waals surface area contributed by atoms with Crippen LogP contribution in [0.15, 0.2) is 30.3 Å². The summed E-state index contributed by atoms with van der Waals surface area (Å²) in [6.45, 7) is 8.09. The number of benzene rings is 1. The molecule has 1 aromatic rings. The maximum Gasteiger partial charge on any atom is 0.410 e. The van der Waals surface area contributed by atoms with Gasteiger partial charge < -0.3 is 48.3 Å². The molecule has 7 fully saturated rings. The number of carbonyl (C=O) groups is 4. The number of aliphatic hydroxyl groups is 2. The first-order valence-electron chi connectivity index (χ1n) is 15.7. The molecule has 8 unspecified atom stereocenters. The van der Waals surface area contributed by atoms with Crippen molar-refractivity contribution in [2.45, 2.75) is 82.3 Å². The van der Waals surface area contributed by atoms with Gasteiger partial charge in [-0.1, -0.05) is 51.1 Å². The number of aliphatic hydroxyl groups excluding tert-OH is 1. The molecule has 2 spiro atoms. The number of ether oxygens (including phenoxy) is 7. The highest BCUT2D eigenvalue weighted by molar-refractivity contribution is 5.94. The number of hydrogen-bond acceptors (Lipinski definition) is 13.